The van der Waals surface area contributed by atoms with Crippen molar-refractivity contribution in [1.29, 1.82) is 0 Å². The second kappa shape index (κ2) is 7.70. The van der Waals surface area contributed by atoms with E-state index in [0.717, 1.165) is 41.4 Å². The van der Waals surface area contributed by atoms with Gasteiger partial charge in [-0.2, -0.15) is 0 Å². The molecule has 0 spiro atoms. The monoisotopic (exact) mass is 404 g/mol. The average Bonchev–Trinajstić information content (AvgIpc) is 2.60. The number of anilines is 2. The van der Waals surface area contributed by atoms with E-state index in [-0.39, 0.29) is 18.6 Å². The minimum absolute atomic E-state index is 0.0409. The summed E-state index contributed by atoms with van der Waals surface area (Å²) in [5.41, 5.74) is 2.74. The van der Waals surface area contributed by atoms with Crippen LogP contribution in [-0.2, 0) is 13.0 Å². The molecule has 0 amide bonds. The second-order valence-electron chi connectivity index (χ2n) is 6.94. The summed E-state index contributed by atoms with van der Waals surface area (Å²) in [6.07, 6.45) is 1.01. The molecule has 1 atom stereocenters. The van der Waals surface area contributed by atoms with Crippen molar-refractivity contribution < 1.29 is 5.11 Å². The van der Waals surface area contributed by atoms with E-state index in [0.29, 0.717) is 0 Å². The minimum Gasteiger partial charge on any atom is -0.394 e. The van der Waals surface area contributed by atoms with E-state index in [2.05, 4.69) is 63.2 Å². The Labute approximate surface area is 157 Å². The van der Waals surface area contributed by atoms with Crippen molar-refractivity contribution in [2.24, 2.45) is 0 Å². The van der Waals surface area contributed by atoms with Gasteiger partial charge in [-0.1, -0.05) is 35.8 Å². The molecule has 0 aliphatic carbocycles. The van der Waals surface area contributed by atoms with Crippen LogP contribution in [0, 0.1) is 0 Å². The molecule has 25 heavy (non-hydrogen) atoms. The molecule has 0 saturated heterocycles. The first-order valence-electron chi connectivity index (χ1n) is 8.75. The molecule has 1 aliphatic heterocycles. The maximum Gasteiger partial charge on any atom is 0.135 e. The summed E-state index contributed by atoms with van der Waals surface area (Å²) in [7, 11) is 0. The molecule has 5 nitrogen and oxygen atoms in total. The normalized spacial score (nSPS) is 15.2. The van der Waals surface area contributed by atoms with Crippen LogP contribution < -0.4 is 10.2 Å². The van der Waals surface area contributed by atoms with Crippen molar-refractivity contribution in [2.75, 3.05) is 23.4 Å². The lowest BCUT2D eigenvalue weighted by atomic mass is 10.00. The van der Waals surface area contributed by atoms with Crippen LogP contribution in [0.1, 0.15) is 43.6 Å². The van der Waals surface area contributed by atoms with Crippen molar-refractivity contribution in [3.8, 4) is 0 Å². The van der Waals surface area contributed by atoms with Gasteiger partial charge < -0.3 is 15.3 Å². The van der Waals surface area contributed by atoms with E-state index in [1.165, 1.54) is 11.1 Å². The standard InChI is InChI=1S/C19H25BrN4O/c1-12(2)19-22-17(21-13(3)11-25)9-18(23-19)24-7-6-14-4-5-16(20)8-15(14)10-24/h4-5,8-9,12-13,25H,6-7,10-11H2,1-3H3,(H,21,22,23)/t13-/m0/s1. The Morgan fingerprint density at radius 3 is 2.72 bits per heavy atom. The third-order valence-electron chi connectivity index (χ3n) is 4.42. The molecule has 1 aliphatic rings. The molecule has 0 unspecified atom stereocenters. The number of hydrogen-bond acceptors (Lipinski definition) is 5. The highest BCUT2D eigenvalue weighted by Crippen LogP contribution is 2.28. The molecule has 3 rings (SSSR count). The number of halogens is 1. The summed E-state index contributed by atoms with van der Waals surface area (Å²) in [4.78, 5) is 11.7. The fraction of sp³-hybridized carbons (Fsp3) is 0.474. The molecule has 6 heteroatoms. The van der Waals surface area contributed by atoms with Crippen LogP contribution in [0.25, 0.3) is 0 Å². The van der Waals surface area contributed by atoms with Crippen LogP contribution in [0.2, 0.25) is 0 Å². The Hall–Kier alpha value is -1.66. The maximum absolute atomic E-state index is 9.31. The van der Waals surface area contributed by atoms with E-state index in [1.807, 2.05) is 13.0 Å². The Morgan fingerprint density at radius 2 is 2.00 bits per heavy atom. The Kier molecular flexibility index (Phi) is 5.59. The molecule has 2 N–H and O–H groups in total. The van der Waals surface area contributed by atoms with Gasteiger partial charge in [0, 0.05) is 35.6 Å². The van der Waals surface area contributed by atoms with Crippen molar-refractivity contribution >= 4 is 27.6 Å². The molecule has 0 saturated carbocycles. The Bertz CT molecular complexity index is 750. The van der Waals surface area contributed by atoms with Gasteiger partial charge in [0.2, 0.25) is 0 Å². The van der Waals surface area contributed by atoms with Gasteiger partial charge in [0.05, 0.1) is 6.61 Å². The third-order valence-corrected chi connectivity index (χ3v) is 4.91. The quantitative estimate of drug-likeness (QED) is 0.794. The molecule has 1 aromatic carbocycles. The SMILES string of the molecule is CC(C)c1nc(N[C@@H](C)CO)cc(N2CCc3ccc(Br)cc3C2)n1. The van der Waals surface area contributed by atoms with E-state index >= 15 is 0 Å². The lowest BCUT2D eigenvalue weighted by Gasteiger charge is -2.30. The van der Waals surface area contributed by atoms with Gasteiger partial charge in [0.1, 0.15) is 17.5 Å². The van der Waals surface area contributed by atoms with E-state index in [9.17, 15) is 5.11 Å². The number of fused-ring (bicyclic) bond motifs is 1. The number of aliphatic hydroxyl groups is 1. The molecular formula is C19H25BrN4O. The van der Waals surface area contributed by atoms with Gasteiger partial charge in [-0.15, -0.1) is 0 Å². The number of aliphatic hydroxyl groups excluding tert-OH is 1. The van der Waals surface area contributed by atoms with Crippen molar-refractivity contribution in [1.82, 2.24) is 9.97 Å². The molecule has 1 aromatic heterocycles. The fourth-order valence-electron chi connectivity index (χ4n) is 2.97. The van der Waals surface area contributed by atoms with Gasteiger partial charge in [-0.25, -0.2) is 9.97 Å². The molecule has 2 heterocycles. The number of hydrogen-bond donors (Lipinski definition) is 2. The zero-order valence-electron chi connectivity index (χ0n) is 15.0. The lowest BCUT2D eigenvalue weighted by Crippen LogP contribution is -2.31. The molecule has 0 radical (unpaired) electrons. The Morgan fingerprint density at radius 1 is 1.20 bits per heavy atom. The summed E-state index contributed by atoms with van der Waals surface area (Å²) < 4.78 is 1.11. The van der Waals surface area contributed by atoms with Crippen LogP contribution in [0.15, 0.2) is 28.7 Å². The summed E-state index contributed by atoms with van der Waals surface area (Å²) in [6, 6.07) is 8.45. The number of benzene rings is 1. The van der Waals surface area contributed by atoms with Gasteiger partial charge >= 0.3 is 0 Å². The highest BCUT2D eigenvalue weighted by atomic mass is 79.9. The van der Waals surface area contributed by atoms with Crippen molar-refractivity contribution in [3.63, 3.8) is 0 Å². The first-order valence-corrected chi connectivity index (χ1v) is 9.54. The lowest BCUT2D eigenvalue weighted by molar-refractivity contribution is 0.281. The van der Waals surface area contributed by atoms with Gasteiger partial charge in [0.25, 0.3) is 0 Å². The molecule has 0 fully saturated rings. The van der Waals surface area contributed by atoms with Crippen LogP contribution in [0.5, 0.6) is 0 Å². The number of nitrogens with zero attached hydrogens (tertiary/aromatic N) is 3. The van der Waals surface area contributed by atoms with Gasteiger partial charge in [-0.3, -0.25) is 0 Å². The molecule has 0 bridgehead atoms. The first-order chi connectivity index (χ1) is 12.0. The highest BCUT2D eigenvalue weighted by molar-refractivity contribution is 9.10. The van der Waals surface area contributed by atoms with Crippen molar-refractivity contribution in [3.05, 3.63) is 45.7 Å². The molecule has 134 valence electrons. The summed E-state index contributed by atoms with van der Waals surface area (Å²) in [5, 5.41) is 12.6. The zero-order valence-corrected chi connectivity index (χ0v) is 16.5. The molecule has 2 aromatic rings. The van der Waals surface area contributed by atoms with Crippen LogP contribution >= 0.6 is 15.9 Å². The summed E-state index contributed by atoms with van der Waals surface area (Å²) in [5.74, 6) is 2.79. The van der Waals surface area contributed by atoms with Gasteiger partial charge in [-0.05, 0) is 36.6 Å². The number of aromatic nitrogens is 2. The van der Waals surface area contributed by atoms with E-state index in [1.54, 1.807) is 0 Å². The van der Waals surface area contributed by atoms with Gasteiger partial charge in [0.15, 0.2) is 0 Å². The van der Waals surface area contributed by atoms with Crippen LogP contribution in [0.3, 0.4) is 0 Å². The van der Waals surface area contributed by atoms with Crippen molar-refractivity contribution in [2.45, 2.75) is 45.7 Å². The largest absolute Gasteiger partial charge is 0.394 e. The smallest absolute Gasteiger partial charge is 0.135 e. The third kappa shape index (κ3) is 4.30. The predicted molar refractivity (Wildman–Crippen MR) is 105 cm³/mol. The number of nitrogens with one attached hydrogen (secondary N) is 1. The maximum atomic E-state index is 9.31. The Balaban J connectivity index is 1.90. The number of rotatable bonds is 5. The topological polar surface area (TPSA) is 61.3 Å². The highest BCUT2D eigenvalue weighted by Gasteiger charge is 2.20. The predicted octanol–water partition coefficient (Wildman–Crippen LogP) is 3.72. The fourth-order valence-corrected chi connectivity index (χ4v) is 3.37. The summed E-state index contributed by atoms with van der Waals surface area (Å²) >= 11 is 3.57. The molecular weight excluding hydrogens is 380 g/mol. The van der Waals surface area contributed by atoms with Crippen LogP contribution in [-0.4, -0.2) is 34.3 Å². The van der Waals surface area contributed by atoms with Crippen LogP contribution in [0.4, 0.5) is 11.6 Å². The average molecular weight is 405 g/mol. The van der Waals surface area contributed by atoms with E-state index < -0.39 is 0 Å². The second-order valence-corrected chi connectivity index (χ2v) is 7.85. The summed E-state index contributed by atoms with van der Waals surface area (Å²) in [6.45, 7) is 7.99. The minimum atomic E-state index is -0.0409. The zero-order chi connectivity index (χ0) is 18.0. The van der Waals surface area contributed by atoms with E-state index in [4.69, 9.17) is 4.98 Å². The first kappa shape index (κ1) is 18.1.